The van der Waals surface area contributed by atoms with Crippen molar-refractivity contribution in [3.63, 3.8) is 0 Å². The molecule has 1 aliphatic heterocycles. The van der Waals surface area contributed by atoms with E-state index in [4.69, 9.17) is 9.15 Å². The molecule has 0 radical (unpaired) electrons. The summed E-state index contributed by atoms with van der Waals surface area (Å²) in [5, 5.41) is 12.3. The Balaban J connectivity index is 2.03. The molecular formula is C18H20N4O4. The minimum Gasteiger partial charge on any atom is -0.504 e. The molecular weight excluding hydrogens is 336 g/mol. The number of esters is 1. The Bertz CT molecular complexity index is 885. The van der Waals surface area contributed by atoms with Gasteiger partial charge in [0.2, 0.25) is 5.88 Å². The molecule has 136 valence electrons. The molecule has 0 fully saturated rings. The minimum atomic E-state index is -0.660. The number of hydrazine groups is 1. The fourth-order valence-corrected chi connectivity index (χ4v) is 2.44. The van der Waals surface area contributed by atoms with Gasteiger partial charge in [0.05, 0.1) is 6.61 Å². The summed E-state index contributed by atoms with van der Waals surface area (Å²) < 4.78 is 10.7. The maximum atomic E-state index is 12.2. The second-order valence-corrected chi connectivity index (χ2v) is 5.60. The van der Waals surface area contributed by atoms with E-state index in [1.807, 2.05) is 13.0 Å². The summed E-state index contributed by atoms with van der Waals surface area (Å²) in [7, 11) is 1.79. The lowest BCUT2D eigenvalue weighted by Gasteiger charge is -2.15. The molecule has 0 amide bonds. The quantitative estimate of drug-likeness (QED) is 0.606. The first-order valence-corrected chi connectivity index (χ1v) is 8.27. The number of carbonyl (C=O) groups is 1. The summed E-state index contributed by atoms with van der Waals surface area (Å²) in [6, 6.07) is 3.67. The van der Waals surface area contributed by atoms with Gasteiger partial charge >= 0.3 is 5.97 Å². The van der Waals surface area contributed by atoms with E-state index >= 15 is 0 Å². The summed E-state index contributed by atoms with van der Waals surface area (Å²) in [5.74, 6) is -0.0857. The number of rotatable bonds is 6. The number of nitrogens with zero attached hydrogens (tertiary/aromatic N) is 3. The molecule has 0 saturated carbocycles. The molecule has 8 heteroatoms. The number of nitrogens with one attached hydrogen (secondary N) is 1. The SMILES string of the molecule is CCOC(=O)c1c(NN(C)CC)oc(C=C2C=Nc3ncccc32)c1O. The molecule has 2 aromatic heterocycles. The Hall–Kier alpha value is -3.13. The smallest absolute Gasteiger partial charge is 0.347 e. The first-order valence-electron chi connectivity index (χ1n) is 8.27. The maximum absolute atomic E-state index is 12.2. The zero-order valence-electron chi connectivity index (χ0n) is 14.8. The molecule has 0 atom stereocenters. The fourth-order valence-electron chi connectivity index (χ4n) is 2.44. The maximum Gasteiger partial charge on any atom is 0.347 e. The third-order valence-electron chi connectivity index (χ3n) is 3.87. The lowest BCUT2D eigenvalue weighted by atomic mass is 10.1. The van der Waals surface area contributed by atoms with E-state index in [9.17, 15) is 9.90 Å². The number of allylic oxidation sites excluding steroid dienone is 1. The number of carbonyl (C=O) groups excluding carboxylic acids is 1. The minimum absolute atomic E-state index is 0.0413. The van der Waals surface area contributed by atoms with Crippen molar-refractivity contribution in [1.82, 2.24) is 9.99 Å². The van der Waals surface area contributed by atoms with Gasteiger partial charge in [0.15, 0.2) is 22.9 Å². The third kappa shape index (κ3) is 3.31. The van der Waals surface area contributed by atoms with E-state index < -0.39 is 5.97 Å². The zero-order valence-corrected chi connectivity index (χ0v) is 14.8. The molecule has 3 rings (SSSR count). The van der Waals surface area contributed by atoms with Crippen LogP contribution >= 0.6 is 0 Å². The number of aliphatic imine (C=N–C) groups is 1. The van der Waals surface area contributed by atoms with Crippen molar-refractivity contribution in [3.8, 4) is 5.75 Å². The van der Waals surface area contributed by atoms with Crippen LogP contribution in [0, 0.1) is 0 Å². The van der Waals surface area contributed by atoms with Crippen molar-refractivity contribution in [2.75, 3.05) is 25.6 Å². The molecule has 2 N–H and O–H groups in total. The summed E-state index contributed by atoms with van der Waals surface area (Å²) >= 11 is 0. The monoisotopic (exact) mass is 356 g/mol. The van der Waals surface area contributed by atoms with Gasteiger partial charge in [-0.2, -0.15) is 0 Å². The van der Waals surface area contributed by atoms with Crippen LogP contribution in [0.15, 0.2) is 27.7 Å². The van der Waals surface area contributed by atoms with Crippen LogP contribution in [0.4, 0.5) is 11.7 Å². The summed E-state index contributed by atoms with van der Waals surface area (Å²) in [6.45, 7) is 4.48. The van der Waals surface area contributed by atoms with Gasteiger partial charge in [0.25, 0.3) is 0 Å². The van der Waals surface area contributed by atoms with E-state index in [0.717, 1.165) is 11.1 Å². The fraction of sp³-hybridized carbons (Fsp3) is 0.278. The Morgan fingerprint density at radius 3 is 3.00 bits per heavy atom. The van der Waals surface area contributed by atoms with Gasteiger partial charge in [-0.3, -0.25) is 5.43 Å². The van der Waals surface area contributed by atoms with Gasteiger partial charge < -0.3 is 14.3 Å². The van der Waals surface area contributed by atoms with Crippen LogP contribution in [0.25, 0.3) is 11.6 Å². The topological polar surface area (TPSA) is 100 Å². The van der Waals surface area contributed by atoms with Crippen molar-refractivity contribution in [1.29, 1.82) is 0 Å². The van der Waals surface area contributed by atoms with Crippen molar-refractivity contribution in [2.45, 2.75) is 13.8 Å². The second kappa shape index (κ2) is 7.40. The van der Waals surface area contributed by atoms with Crippen molar-refractivity contribution >= 4 is 35.5 Å². The molecule has 0 spiro atoms. The summed E-state index contributed by atoms with van der Waals surface area (Å²) in [5.41, 5.74) is 4.44. The Labute approximate surface area is 150 Å². The van der Waals surface area contributed by atoms with Crippen LogP contribution in [0.3, 0.4) is 0 Å². The predicted octanol–water partition coefficient (Wildman–Crippen LogP) is 3.09. The molecule has 0 saturated heterocycles. The standard InChI is InChI=1S/C18H20N4O4/c1-4-22(3)21-17-14(18(24)25-5-2)15(23)13(26-17)9-11-10-20-16-12(11)7-6-8-19-16/h6-10,21,23H,4-5H2,1-3H3. The second-order valence-electron chi connectivity index (χ2n) is 5.60. The molecule has 26 heavy (non-hydrogen) atoms. The molecule has 0 aromatic carbocycles. The van der Waals surface area contributed by atoms with Gasteiger partial charge in [0.1, 0.15) is 0 Å². The number of ether oxygens (including phenoxy) is 1. The Morgan fingerprint density at radius 2 is 2.27 bits per heavy atom. The number of hydrogen-bond donors (Lipinski definition) is 2. The number of furan rings is 1. The Morgan fingerprint density at radius 1 is 1.46 bits per heavy atom. The highest BCUT2D eigenvalue weighted by molar-refractivity contribution is 6.21. The van der Waals surface area contributed by atoms with Gasteiger partial charge in [0, 0.05) is 37.1 Å². The molecule has 1 aliphatic rings. The molecule has 0 aliphatic carbocycles. The third-order valence-corrected chi connectivity index (χ3v) is 3.87. The predicted molar refractivity (Wildman–Crippen MR) is 98.5 cm³/mol. The van der Waals surface area contributed by atoms with Gasteiger partial charge in [-0.15, -0.1) is 0 Å². The number of fused-ring (bicyclic) bond motifs is 1. The van der Waals surface area contributed by atoms with Crippen LogP contribution in [0.5, 0.6) is 5.75 Å². The highest BCUT2D eigenvalue weighted by Gasteiger charge is 2.27. The van der Waals surface area contributed by atoms with Crippen molar-refractivity contribution in [3.05, 3.63) is 35.2 Å². The molecule has 0 bridgehead atoms. The number of pyridine rings is 1. The zero-order chi connectivity index (χ0) is 18.7. The van der Waals surface area contributed by atoms with Gasteiger partial charge in [-0.1, -0.05) is 6.92 Å². The highest BCUT2D eigenvalue weighted by atomic mass is 16.5. The van der Waals surface area contributed by atoms with Gasteiger partial charge in [-0.25, -0.2) is 19.8 Å². The number of aromatic hydroxyl groups is 1. The molecule has 0 unspecified atom stereocenters. The first kappa shape index (κ1) is 17.7. The van der Waals surface area contributed by atoms with Crippen LogP contribution in [0.1, 0.15) is 35.5 Å². The van der Waals surface area contributed by atoms with Crippen LogP contribution in [0.2, 0.25) is 0 Å². The average Bonchev–Trinajstić information content (AvgIpc) is 3.17. The Kier molecular flexibility index (Phi) is 5.04. The lowest BCUT2D eigenvalue weighted by Crippen LogP contribution is -2.25. The average molecular weight is 356 g/mol. The number of hydrogen-bond acceptors (Lipinski definition) is 8. The molecule has 2 aromatic rings. The van der Waals surface area contributed by atoms with Crippen LogP contribution < -0.4 is 5.43 Å². The van der Waals surface area contributed by atoms with Gasteiger partial charge in [-0.05, 0) is 25.1 Å². The molecule has 8 nitrogen and oxygen atoms in total. The van der Waals surface area contributed by atoms with E-state index in [0.29, 0.717) is 12.4 Å². The number of aromatic nitrogens is 1. The van der Waals surface area contributed by atoms with E-state index in [-0.39, 0.29) is 29.6 Å². The summed E-state index contributed by atoms with van der Waals surface area (Å²) in [4.78, 5) is 20.6. The van der Waals surface area contributed by atoms with E-state index in [2.05, 4.69) is 15.4 Å². The van der Waals surface area contributed by atoms with Crippen LogP contribution in [-0.2, 0) is 4.74 Å². The molecule has 3 heterocycles. The van der Waals surface area contributed by atoms with Crippen LogP contribution in [-0.4, -0.2) is 47.5 Å². The van der Waals surface area contributed by atoms with E-state index in [1.165, 1.54) is 0 Å². The summed E-state index contributed by atoms with van der Waals surface area (Å²) in [6.07, 6.45) is 4.91. The van der Waals surface area contributed by atoms with E-state index in [1.54, 1.807) is 43.5 Å². The largest absolute Gasteiger partial charge is 0.504 e. The lowest BCUT2D eigenvalue weighted by molar-refractivity contribution is 0.0523. The number of anilines is 1. The highest BCUT2D eigenvalue weighted by Crippen LogP contribution is 2.38. The first-order chi connectivity index (χ1) is 12.5. The normalized spacial score (nSPS) is 14.1. The van der Waals surface area contributed by atoms with Crippen molar-refractivity contribution in [2.24, 2.45) is 4.99 Å². The van der Waals surface area contributed by atoms with Crippen molar-refractivity contribution < 1.29 is 19.1 Å².